The molecule has 2 unspecified atom stereocenters. The smallest absolute Gasteiger partial charge is 0.227 e. The monoisotopic (exact) mass is 244 g/mol. The molecule has 0 aromatic carbocycles. The van der Waals surface area contributed by atoms with Crippen LogP contribution in [-0.4, -0.2) is 30.7 Å². The van der Waals surface area contributed by atoms with Crippen molar-refractivity contribution in [3.8, 4) is 0 Å². The number of carbonyl (C=O) groups excluding carboxylic acids is 1. The minimum absolute atomic E-state index is 0.0292. The molecule has 17 heavy (non-hydrogen) atoms. The summed E-state index contributed by atoms with van der Waals surface area (Å²) in [6.07, 6.45) is 3.60. The summed E-state index contributed by atoms with van der Waals surface area (Å²) in [5.74, 6) is 0.398. The fourth-order valence-electron chi connectivity index (χ4n) is 1.79. The summed E-state index contributed by atoms with van der Waals surface area (Å²) >= 11 is 0. The van der Waals surface area contributed by atoms with E-state index in [0.29, 0.717) is 19.0 Å². The molecule has 0 fully saturated rings. The average Bonchev–Trinajstić information content (AvgIpc) is 2.35. The summed E-state index contributed by atoms with van der Waals surface area (Å²) in [5.41, 5.74) is 5.18. The zero-order chi connectivity index (χ0) is 13.3. The molecule has 1 amide bonds. The molecule has 0 aliphatic carbocycles. The average molecular weight is 244 g/mol. The van der Waals surface area contributed by atoms with E-state index in [-0.39, 0.29) is 12.5 Å². The standard InChI is InChI=1S/C13H28N2O2/c1-4-6-11(7-8-16)9-15-12(17)13(3,5-2)10-14/h11,16H,4-10,14H2,1-3H3,(H,15,17). The molecule has 0 bridgehead atoms. The Balaban J connectivity index is 4.19. The van der Waals surface area contributed by atoms with Gasteiger partial charge in [0.2, 0.25) is 5.91 Å². The molecule has 0 aromatic rings. The van der Waals surface area contributed by atoms with Crippen molar-refractivity contribution >= 4 is 5.91 Å². The molecule has 0 radical (unpaired) electrons. The van der Waals surface area contributed by atoms with E-state index in [1.165, 1.54) is 0 Å². The summed E-state index contributed by atoms with van der Waals surface area (Å²) in [7, 11) is 0. The molecular formula is C13H28N2O2. The number of amides is 1. The molecule has 2 atom stereocenters. The highest BCUT2D eigenvalue weighted by Gasteiger charge is 2.29. The van der Waals surface area contributed by atoms with Gasteiger partial charge in [0, 0.05) is 19.7 Å². The van der Waals surface area contributed by atoms with Gasteiger partial charge in [0.25, 0.3) is 0 Å². The molecule has 0 aromatic heterocycles. The van der Waals surface area contributed by atoms with Crippen LogP contribution < -0.4 is 11.1 Å². The van der Waals surface area contributed by atoms with Crippen LogP contribution in [0.25, 0.3) is 0 Å². The van der Waals surface area contributed by atoms with E-state index < -0.39 is 5.41 Å². The molecule has 0 spiro atoms. The van der Waals surface area contributed by atoms with Crippen LogP contribution in [0.4, 0.5) is 0 Å². The third kappa shape index (κ3) is 5.50. The molecule has 0 saturated heterocycles. The van der Waals surface area contributed by atoms with Crippen LogP contribution in [0.5, 0.6) is 0 Å². The van der Waals surface area contributed by atoms with Gasteiger partial charge in [-0.25, -0.2) is 0 Å². The fraction of sp³-hybridized carbons (Fsp3) is 0.923. The second-order valence-corrected chi connectivity index (χ2v) is 5.00. The maximum atomic E-state index is 12.0. The molecule has 0 aliphatic rings. The number of rotatable bonds is 9. The van der Waals surface area contributed by atoms with Crippen LogP contribution in [0.3, 0.4) is 0 Å². The zero-order valence-electron chi connectivity index (χ0n) is 11.5. The minimum atomic E-state index is -0.462. The SMILES string of the molecule is CCCC(CCO)CNC(=O)C(C)(CC)CN. The van der Waals surface area contributed by atoms with Gasteiger partial charge in [-0.2, -0.15) is 0 Å². The van der Waals surface area contributed by atoms with Gasteiger partial charge in [-0.05, 0) is 32.1 Å². The number of hydrogen-bond acceptors (Lipinski definition) is 3. The van der Waals surface area contributed by atoms with Crippen molar-refractivity contribution in [2.24, 2.45) is 17.1 Å². The van der Waals surface area contributed by atoms with Crippen molar-refractivity contribution in [2.45, 2.75) is 46.5 Å². The second kappa shape index (κ2) is 8.48. The highest BCUT2D eigenvalue weighted by molar-refractivity contribution is 5.82. The normalized spacial score (nSPS) is 16.3. The number of nitrogens with one attached hydrogen (secondary N) is 1. The Kier molecular flexibility index (Phi) is 8.17. The van der Waals surface area contributed by atoms with Gasteiger partial charge in [0.15, 0.2) is 0 Å². The molecule has 0 aliphatic heterocycles. The Morgan fingerprint density at radius 1 is 1.41 bits per heavy atom. The van der Waals surface area contributed by atoms with Crippen LogP contribution in [0.1, 0.15) is 46.5 Å². The van der Waals surface area contributed by atoms with Gasteiger partial charge >= 0.3 is 0 Å². The van der Waals surface area contributed by atoms with Crippen LogP contribution in [-0.2, 0) is 4.79 Å². The van der Waals surface area contributed by atoms with Gasteiger partial charge in [0.1, 0.15) is 0 Å². The second-order valence-electron chi connectivity index (χ2n) is 5.00. The lowest BCUT2D eigenvalue weighted by Crippen LogP contribution is -2.45. The first-order valence-electron chi connectivity index (χ1n) is 6.63. The number of nitrogens with two attached hydrogens (primary N) is 1. The Bertz CT molecular complexity index is 209. The molecule has 4 heteroatoms. The first-order valence-corrected chi connectivity index (χ1v) is 6.63. The third-order valence-electron chi connectivity index (χ3n) is 3.56. The molecule has 0 saturated carbocycles. The molecule has 0 heterocycles. The number of carbonyl (C=O) groups is 1. The zero-order valence-corrected chi connectivity index (χ0v) is 11.5. The maximum absolute atomic E-state index is 12.0. The fourth-order valence-corrected chi connectivity index (χ4v) is 1.79. The Labute approximate surface area is 105 Å². The van der Waals surface area contributed by atoms with Crippen LogP contribution in [0.15, 0.2) is 0 Å². The lowest BCUT2D eigenvalue weighted by Gasteiger charge is -2.26. The summed E-state index contributed by atoms with van der Waals surface area (Å²) in [6, 6.07) is 0. The molecular weight excluding hydrogens is 216 g/mol. The van der Waals surface area contributed by atoms with Gasteiger partial charge in [0.05, 0.1) is 5.41 Å². The first-order chi connectivity index (χ1) is 8.03. The Morgan fingerprint density at radius 3 is 2.47 bits per heavy atom. The predicted molar refractivity (Wildman–Crippen MR) is 70.6 cm³/mol. The van der Waals surface area contributed by atoms with Crippen molar-refractivity contribution in [1.82, 2.24) is 5.32 Å². The van der Waals surface area contributed by atoms with E-state index in [1.54, 1.807) is 0 Å². The van der Waals surface area contributed by atoms with Crippen molar-refractivity contribution < 1.29 is 9.90 Å². The summed E-state index contributed by atoms with van der Waals surface area (Å²) in [6.45, 7) is 7.17. The van der Waals surface area contributed by atoms with Gasteiger partial charge < -0.3 is 16.2 Å². The van der Waals surface area contributed by atoms with Crippen molar-refractivity contribution in [3.05, 3.63) is 0 Å². The minimum Gasteiger partial charge on any atom is -0.396 e. The quantitative estimate of drug-likeness (QED) is 0.572. The van der Waals surface area contributed by atoms with Crippen molar-refractivity contribution in [3.63, 3.8) is 0 Å². The Morgan fingerprint density at radius 2 is 2.06 bits per heavy atom. The van der Waals surface area contributed by atoms with E-state index >= 15 is 0 Å². The van der Waals surface area contributed by atoms with E-state index in [9.17, 15) is 4.79 Å². The van der Waals surface area contributed by atoms with Gasteiger partial charge in [-0.15, -0.1) is 0 Å². The number of aliphatic hydroxyl groups excluding tert-OH is 1. The molecule has 0 rings (SSSR count). The first kappa shape index (κ1) is 16.4. The number of aliphatic hydroxyl groups is 1. The topological polar surface area (TPSA) is 75.3 Å². The molecule has 4 nitrogen and oxygen atoms in total. The van der Waals surface area contributed by atoms with E-state index in [0.717, 1.165) is 25.7 Å². The van der Waals surface area contributed by atoms with Gasteiger partial charge in [-0.3, -0.25) is 4.79 Å². The van der Waals surface area contributed by atoms with Crippen LogP contribution in [0.2, 0.25) is 0 Å². The highest BCUT2D eigenvalue weighted by atomic mass is 16.3. The maximum Gasteiger partial charge on any atom is 0.227 e. The van der Waals surface area contributed by atoms with E-state index in [4.69, 9.17) is 10.8 Å². The summed E-state index contributed by atoms with van der Waals surface area (Å²) in [5, 5.41) is 11.9. The predicted octanol–water partition coefficient (Wildman–Crippen LogP) is 1.28. The van der Waals surface area contributed by atoms with Gasteiger partial charge in [-0.1, -0.05) is 20.3 Å². The highest BCUT2D eigenvalue weighted by Crippen LogP contribution is 2.19. The molecule has 102 valence electrons. The Hall–Kier alpha value is -0.610. The van der Waals surface area contributed by atoms with Crippen LogP contribution >= 0.6 is 0 Å². The molecule has 4 N–H and O–H groups in total. The summed E-state index contributed by atoms with van der Waals surface area (Å²) in [4.78, 5) is 12.0. The van der Waals surface area contributed by atoms with E-state index in [1.807, 2.05) is 13.8 Å². The summed E-state index contributed by atoms with van der Waals surface area (Å²) < 4.78 is 0. The van der Waals surface area contributed by atoms with Crippen molar-refractivity contribution in [2.75, 3.05) is 19.7 Å². The largest absolute Gasteiger partial charge is 0.396 e. The van der Waals surface area contributed by atoms with Crippen molar-refractivity contribution in [1.29, 1.82) is 0 Å². The van der Waals surface area contributed by atoms with Crippen LogP contribution in [0, 0.1) is 11.3 Å². The lowest BCUT2D eigenvalue weighted by molar-refractivity contribution is -0.130. The lowest BCUT2D eigenvalue weighted by atomic mass is 9.86. The third-order valence-corrected chi connectivity index (χ3v) is 3.56. The number of hydrogen-bond donors (Lipinski definition) is 3. The van der Waals surface area contributed by atoms with E-state index in [2.05, 4.69) is 12.2 Å².